The molecule has 0 unspecified atom stereocenters. The van der Waals surface area contributed by atoms with Crippen molar-refractivity contribution >= 4 is 29.9 Å². The number of nitrogens with zero attached hydrogens (tertiary/aromatic N) is 1. The molecule has 8 nitrogen and oxygen atoms in total. The van der Waals surface area contributed by atoms with Gasteiger partial charge in [0.25, 0.3) is 0 Å². The molecule has 1 aliphatic carbocycles. The molecule has 0 bridgehead atoms. The Bertz CT molecular complexity index is 997. The molecule has 0 aromatic heterocycles. The Morgan fingerprint density at radius 1 is 0.719 bits per heavy atom. The third-order valence-corrected chi connectivity index (χ3v) is 5.65. The Kier molecular flexibility index (Phi) is 7.04. The van der Waals surface area contributed by atoms with Gasteiger partial charge in [0.15, 0.2) is 0 Å². The van der Waals surface area contributed by atoms with Crippen LogP contribution in [-0.4, -0.2) is 50.6 Å². The number of carboxylic acids is 3. The number of rotatable bonds is 9. The Morgan fingerprint density at radius 3 is 1.69 bits per heavy atom. The van der Waals surface area contributed by atoms with E-state index in [0.717, 1.165) is 11.1 Å². The average Bonchev–Trinajstić information content (AvgIpc) is 2.73. The van der Waals surface area contributed by atoms with Gasteiger partial charge >= 0.3 is 17.9 Å². The second-order valence-corrected chi connectivity index (χ2v) is 7.64. The highest BCUT2D eigenvalue weighted by atomic mass is 16.4. The first-order valence-electron chi connectivity index (χ1n) is 10.0. The summed E-state index contributed by atoms with van der Waals surface area (Å²) in [5.41, 5.74) is 1.68. The van der Waals surface area contributed by atoms with Gasteiger partial charge in [0.05, 0.1) is 23.7 Å². The van der Waals surface area contributed by atoms with Crippen molar-refractivity contribution < 1.29 is 34.5 Å². The van der Waals surface area contributed by atoms with Crippen LogP contribution in [0.25, 0.3) is 6.08 Å². The standard InChI is InChI=1S/C24H23NO7/c26-21(17-18(22(27)28)20(24(31)32)19(17)23(29)30)25(14-16-10-5-2-6-11-16)13-7-12-15-8-3-1-4-9-15/h1-12,17-20H,13-14H2,(H,27,28)(H,29,30)(H,31,32)/b12-7+/t17-,18-,19-,20-/m0/s1. The third kappa shape index (κ3) is 4.85. The third-order valence-electron chi connectivity index (χ3n) is 5.65. The van der Waals surface area contributed by atoms with E-state index in [2.05, 4.69) is 0 Å². The summed E-state index contributed by atoms with van der Waals surface area (Å²) < 4.78 is 0. The van der Waals surface area contributed by atoms with E-state index in [0.29, 0.717) is 0 Å². The number of carboxylic acid groups (broad SMARTS) is 3. The quantitative estimate of drug-likeness (QED) is 0.549. The van der Waals surface area contributed by atoms with Gasteiger partial charge < -0.3 is 20.2 Å². The molecule has 8 heteroatoms. The van der Waals surface area contributed by atoms with E-state index >= 15 is 0 Å². The van der Waals surface area contributed by atoms with Crippen LogP contribution in [0.15, 0.2) is 66.7 Å². The highest BCUT2D eigenvalue weighted by molar-refractivity contribution is 5.98. The SMILES string of the molecule is O=C(O)[C@@H]1[C@H](C(=O)O)[C@@H](C(=O)O)[C@H]1C(=O)N(C/C=C/c1ccccc1)Cc1ccccc1. The Hall–Kier alpha value is -3.94. The number of amides is 1. The molecule has 0 aliphatic heterocycles. The van der Waals surface area contributed by atoms with E-state index in [9.17, 15) is 34.5 Å². The largest absolute Gasteiger partial charge is 0.481 e. The maximum absolute atomic E-state index is 13.3. The lowest BCUT2D eigenvalue weighted by Crippen LogP contribution is -2.62. The molecule has 2 aromatic carbocycles. The number of aliphatic carboxylic acids is 3. The molecule has 0 saturated heterocycles. The molecule has 3 N–H and O–H groups in total. The molecule has 2 atom stereocenters. The first-order chi connectivity index (χ1) is 15.3. The summed E-state index contributed by atoms with van der Waals surface area (Å²) in [6.07, 6.45) is 3.53. The lowest BCUT2D eigenvalue weighted by molar-refractivity contribution is -0.189. The van der Waals surface area contributed by atoms with Crippen molar-refractivity contribution in [1.82, 2.24) is 4.90 Å². The number of carbonyl (C=O) groups is 4. The van der Waals surface area contributed by atoms with E-state index in [1.165, 1.54) is 4.90 Å². The number of carbonyl (C=O) groups excluding carboxylic acids is 1. The van der Waals surface area contributed by atoms with Crippen LogP contribution in [0.4, 0.5) is 0 Å². The zero-order chi connectivity index (χ0) is 23.3. The molecule has 166 valence electrons. The van der Waals surface area contributed by atoms with Crippen LogP contribution in [0.3, 0.4) is 0 Å². The average molecular weight is 437 g/mol. The van der Waals surface area contributed by atoms with Crippen molar-refractivity contribution in [2.24, 2.45) is 23.7 Å². The first kappa shape index (κ1) is 22.7. The molecule has 0 radical (unpaired) electrons. The molecule has 0 heterocycles. The van der Waals surface area contributed by atoms with E-state index in [1.807, 2.05) is 36.4 Å². The lowest BCUT2D eigenvalue weighted by atomic mass is 9.56. The summed E-state index contributed by atoms with van der Waals surface area (Å²) in [5.74, 6) is -11.5. The summed E-state index contributed by atoms with van der Waals surface area (Å²) in [4.78, 5) is 49.7. The summed E-state index contributed by atoms with van der Waals surface area (Å²) in [6, 6.07) is 18.4. The van der Waals surface area contributed by atoms with Crippen LogP contribution in [0, 0.1) is 23.7 Å². The lowest BCUT2D eigenvalue weighted by Gasteiger charge is -2.45. The minimum atomic E-state index is -1.66. The second-order valence-electron chi connectivity index (χ2n) is 7.64. The molecule has 2 aromatic rings. The highest BCUT2D eigenvalue weighted by Gasteiger charge is 2.64. The highest BCUT2D eigenvalue weighted by Crippen LogP contribution is 2.48. The number of hydrogen-bond acceptors (Lipinski definition) is 4. The summed E-state index contributed by atoms with van der Waals surface area (Å²) >= 11 is 0. The number of hydrogen-bond donors (Lipinski definition) is 3. The van der Waals surface area contributed by atoms with Gasteiger partial charge in [-0.1, -0.05) is 72.8 Å². The van der Waals surface area contributed by atoms with Crippen molar-refractivity contribution in [3.8, 4) is 0 Å². The van der Waals surface area contributed by atoms with Crippen LogP contribution >= 0.6 is 0 Å². The molecule has 0 spiro atoms. The maximum Gasteiger partial charge on any atom is 0.308 e. The van der Waals surface area contributed by atoms with Gasteiger partial charge in [-0.2, -0.15) is 0 Å². The molecule has 1 aliphatic rings. The van der Waals surface area contributed by atoms with Gasteiger partial charge in [0.2, 0.25) is 5.91 Å². The molecule has 1 fully saturated rings. The van der Waals surface area contributed by atoms with E-state index in [1.54, 1.807) is 36.4 Å². The molecular formula is C24H23NO7. The smallest absolute Gasteiger partial charge is 0.308 e. The molecule has 1 saturated carbocycles. The summed E-state index contributed by atoms with van der Waals surface area (Å²) in [7, 11) is 0. The van der Waals surface area contributed by atoms with Gasteiger partial charge in [-0.15, -0.1) is 0 Å². The molecular weight excluding hydrogens is 414 g/mol. The van der Waals surface area contributed by atoms with Crippen molar-refractivity contribution in [2.75, 3.05) is 6.54 Å². The van der Waals surface area contributed by atoms with Crippen molar-refractivity contribution in [1.29, 1.82) is 0 Å². The second kappa shape index (κ2) is 9.91. The fraction of sp³-hybridized carbons (Fsp3) is 0.250. The normalized spacial score (nSPS) is 22.1. The Labute approximate surface area is 184 Å². The van der Waals surface area contributed by atoms with Gasteiger partial charge in [-0.05, 0) is 11.1 Å². The molecule has 1 amide bonds. The predicted octanol–water partition coefficient (Wildman–Crippen LogP) is 2.46. The minimum absolute atomic E-state index is 0.107. The minimum Gasteiger partial charge on any atom is -0.481 e. The van der Waals surface area contributed by atoms with Crippen LogP contribution in [0.2, 0.25) is 0 Å². The van der Waals surface area contributed by atoms with E-state index < -0.39 is 47.5 Å². The van der Waals surface area contributed by atoms with Gasteiger partial charge in [-0.25, -0.2) is 0 Å². The van der Waals surface area contributed by atoms with E-state index in [-0.39, 0.29) is 13.1 Å². The van der Waals surface area contributed by atoms with Crippen LogP contribution in [0.1, 0.15) is 11.1 Å². The Balaban J connectivity index is 1.88. The van der Waals surface area contributed by atoms with Gasteiger partial charge in [-0.3, -0.25) is 19.2 Å². The molecule has 32 heavy (non-hydrogen) atoms. The van der Waals surface area contributed by atoms with Crippen molar-refractivity contribution in [3.63, 3.8) is 0 Å². The fourth-order valence-electron chi connectivity index (χ4n) is 4.10. The fourth-order valence-corrected chi connectivity index (χ4v) is 4.10. The van der Waals surface area contributed by atoms with Crippen LogP contribution in [0.5, 0.6) is 0 Å². The van der Waals surface area contributed by atoms with Crippen molar-refractivity contribution in [2.45, 2.75) is 6.54 Å². The van der Waals surface area contributed by atoms with Crippen molar-refractivity contribution in [3.05, 3.63) is 77.9 Å². The number of benzene rings is 2. The predicted molar refractivity (Wildman–Crippen MR) is 114 cm³/mol. The Morgan fingerprint density at radius 2 is 1.19 bits per heavy atom. The molecule has 3 rings (SSSR count). The topological polar surface area (TPSA) is 132 Å². The zero-order valence-corrected chi connectivity index (χ0v) is 17.1. The zero-order valence-electron chi connectivity index (χ0n) is 17.1. The van der Waals surface area contributed by atoms with Crippen LogP contribution < -0.4 is 0 Å². The van der Waals surface area contributed by atoms with E-state index in [4.69, 9.17) is 0 Å². The first-order valence-corrected chi connectivity index (χ1v) is 10.0. The van der Waals surface area contributed by atoms with Gasteiger partial charge in [0.1, 0.15) is 0 Å². The van der Waals surface area contributed by atoms with Crippen LogP contribution in [-0.2, 0) is 25.7 Å². The monoisotopic (exact) mass is 437 g/mol. The summed E-state index contributed by atoms with van der Waals surface area (Å²) in [5, 5.41) is 28.4. The van der Waals surface area contributed by atoms with Gasteiger partial charge in [0, 0.05) is 13.1 Å². The maximum atomic E-state index is 13.3. The summed E-state index contributed by atoms with van der Waals surface area (Å²) in [6.45, 7) is 0.237.